The third-order valence-corrected chi connectivity index (χ3v) is 7.81. The van der Waals surface area contributed by atoms with Gasteiger partial charge in [-0.05, 0) is 89.9 Å². The Morgan fingerprint density at radius 2 is 1.02 bits per heavy atom. The summed E-state index contributed by atoms with van der Waals surface area (Å²) < 4.78 is 140. The fourth-order valence-corrected chi connectivity index (χ4v) is 5.93. The molecular formula is C42H26O. The zero-order valence-electron chi connectivity index (χ0n) is 37.3. The molecule has 200 valence electrons. The fourth-order valence-electron chi connectivity index (χ4n) is 5.93. The van der Waals surface area contributed by atoms with Crippen LogP contribution in [-0.2, 0) is 0 Å². The van der Waals surface area contributed by atoms with Crippen molar-refractivity contribution in [1.82, 2.24) is 0 Å². The van der Waals surface area contributed by atoms with Crippen LogP contribution < -0.4 is 0 Å². The maximum Gasteiger partial charge on any atom is 0.136 e. The van der Waals surface area contributed by atoms with Crippen LogP contribution in [0.2, 0.25) is 0 Å². The van der Waals surface area contributed by atoms with Crippen molar-refractivity contribution in [2.45, 2.75) is 0 Å². The van der Waals surface area contributed by atoms with Gasteiger partial charge in [0.2, 0.25) is 0 Å². The number of hydrogen-bond acceptors (Lipinski definition) is 1. The van der Waals surface area contributed by atoms with Gasteiger partial charge in [0.05, 0.1) is 20.6 Å². The van der Waals surface area contributed by atoms with E-state index in [1.807, 2.05) is 48.5 Å². The van der Waals surface area contributed by atoms with Crippen molar-refractivity contribution in [3.63, 3.8) is 0 Å². The Morgan fingerprint density at radius 3 is 1.79 bits per heavy atom. The fraction of sp³-hybridized carbons (Fsp3) is 0. The largest absolute Gasteiger partial charge is 0.456 e. The number of furan rings is 1. The molecule has 0 aliphatic rings. The summed E-state index contributed by atoms with van der Waals surface area (Å²) in [5.74, 6) is 0. The van der Waals surface area contributed by atoms with Gasteiger partial charge in [0, 0.05) is 10.8 Å². The Hall–Kier alpha value is -5.66. The molecular weight excluding hydrogens is 520 g/mol. The molecule has 0 N–H and O–H groups in total. The molecule has 9 aromatic rings. The minimum Gasteiger partial charge on any atom is -0.456 e. The molecule has 0 saturated heterocycles. The predicted molar refractivity (Wildman–Crippen MR) is 183 cm³/mol. The van der Waals surface area contributed by atoms with E-state index in [0.717, 1.165) is 16.3 Å². The van der Waals surface area contributed by atoms with E-state index in [2.05, 4.69) is 0 Å². The zero-order valence-corrected chi connectivity index (χ0v) is 22.3. The molecule has 1 heterocycles. The van der Waals surface area contributed by atoms with Crippen molar-refractivity contribution in [3.8, 4) is 33.4 Å². The van der Waals surface area contributed by atoms with Gasteiger partial charge in [0.25, 0.3) is 0 Å². The quantitative estimate of drug-likeness (QED) is 0.196. The van der Waals surface area contributed by atoms with E-state index < -0.39 is 96.2 Å². The van der Waals surface area contributed by atoms with Crippen molar-refractivity contribution in [3.05, 3.63) is 157 Å². The first-order chi connectivity index (χ1) is 27.6. The molecule has 0 unspecified atom stereocenters. The van der Waals surface area contributed by atoms with E-state index in [4.69, 9.17) is 18.1 Å². The van der Waals surface area contributed by atoms with Crippen LogP contribution in [0.4, 0.5) is 0 Å². The third-order valence-electron chi connectivity index (χ3n) is 7.81. The third kappa shape index (κ3) is 3.72. The van der Waals surface area contributed by atoms with E-state index in [9.17, 15) is 6.85 Å². The summed E-state index contributed by atoms with van der Waals surface area (Å²) >= 11 is 0. The standard InChI is InChI=1S/C42H26O/c1-2-12-28-25-30(24-23-27(28)11-1)29-13-9-14-31(26-29)40-32-15-3-5-17-34(32)41(35-18-6-4-16-33(35)40)37-20-10-22-39-42(37)36-19-7-8-21-38(36)43-39/h1-26H/i3D,4D,5D,6D,7D,8D,10D,15D,16D,17D,18D,19D,20D,21D,22D. The van der Waals surface area contributed by atoms with Crippen LogP contribution >= 0.6 is 0 Å². The van der Waals surface area contributed by atoms with E-state index in [-0.39, 0.29) is 54.6 Å². The molecule has 0 aliphatic carbocycles. The maximum atomic E-state index is 9.39. The molecule has 0 saturated carbocycles. The van der Waals surface area contributed by atoms with Gasteiger partial charge in [-0.15, -0.1) is 0 Å². The molecule has 9 rings (SSSR count). The summed E-state index contributed by atoms with van der Waals surface area (Å²) in [4.78, 5) is 0. The average Bonchev–Trinajstić information content (AvgIpc) is 3.63. The van der Waals surface area contributed by atoms with Crippen LogP contribution in [0, 0.1) is 0 Å². The number of benzene rings is 8. The smallest absolute Gasteiger partial charge is 0.136 e. The van der Waals surface area contributed by atoms with Gasteiger partial charge in [-0.25, -0.2) is 0 Å². The van der Waals surface area contributed by atoms with Crippen molar-refractivity contribution in [1.29, 1.82) is 0 Å². The SMILES string of the molecule is [2H]c1c([2H])c([2H])c2c(oc3c([2H])c([2H])c([2H])c(-c4c5c([2H])c([2H])c([2H])c([2H])c5c(-c5cccc(-c6ccc7ccccc7c6)c5)c5c([2H])c([2H])c([2H])c([2H])c45)c32)c1[2H]. The molecule has 8 aromatic carbocycles. The topological polar surface area (TPSA) is 13.1 Å². The minimum atomic E-state index is -0.716. The lowest BCUT2D eigenvalue weighted by atomic mass is 9.84. The van der Waals surface area contributed by atoms with Crippen molar-refractivity contribution in [2.75, 3.05) is 0 Å². The summed E-state index contributed by atoms with van der Waals surface area (Å²) in [6, 6.07) is 11.1. The number of rotatable bonds is 3. The number of hydrogen-bond donors (Lipinski definition) is 0. The lowest BCUT2D eigenvalue weighted by molar-refractivity contribution is 0.669. The number of fused-ring (bicyclic) bond motifs is 6. The highest BCUT2D eigenvalue weighted by Gasteiger charge is 2.20. The normalized spacial score (nSPS) is 16.6. The van der Waals surface area contributed by atoms with Crippen LogP contribution in [0.25, 0.3) is 87.6 Å². The molecule has 43 heavy (non-hydrogen) atoms. The molecule has 0 spiro atoms. The second-order valence-electron chi connectivity index (χ2n) is 10.2. The molecule has 0 aliphatic heterocycles. The van der Waals surface area contributed by atoms with Gasteiger partial charge < -0.3 is 4.42 Å². The first-order valence-electron chi connectivity index (χ1n) is 21.0. The second kappa shape index (κ2) is 9.44. The molecule has 1 heteroatoms. The van der Waals surface area contributed by atoms with E-state index in [1.165, 1.54) is 0 Å². The van der Waals surface area contributed by atoms with E-state index in [0.29, 0.717) is 11.1 Å². The van der Waals surface area contributed by atoms with E-state index in [1.54, 1.807) is 18.2 Å². The van der Waals surface area contributed by atoms with Gasteiger partial charge in [0.15, 0.2) is 0 Å². The van der Waals surface area contributed by atoms with Gasteiger partial charge >= 0.3 is 0 Å². The summed E-state index contributed by atoms with van der Waals surface area (Å²) in [6.45, 7) is 0. The highest BCUT2D eigenvalue weighted by molar-refractivity contribution is 6.25. The average molecular weight is 562 g/mol. The van der Waals surface area contributed by atoms with Crippen LogP contribution in [0.5, 0.6) is 0 Å². The van der Waals surface area contributed by atoms with Crippen LogP contribution in [0.1, 0.15) is 20.6 Å². The lowest BCUT2D eigenvalue weighted by Gasteiger charge is -2.18. The summed E-state index contributed by atoms with van der Waals surface area (Å²) in [5, 5.41) is 0.620. The number of para-hydroxylation sites is 1. The Balaban J connectivity index is 1.56. The van der Waals surface area contributed by atoms with Crippen LogP contribution in [-0.4, -0.2) is 0 Å². The second-order valence-corrected chi connectivity index (χ2v) is 10.2. The van der Waals surface area contributed by atoms with Crippen molar-refractivity contribution in [2.24, 2.45) is 0 Å². The van der Waals surface area contributed by atoms with Crippen molar-refractivity contribution >= 4 is 54.3 Å². The van der Waals surface area contributed by atoms with Crippen molar-refractivity contribution < 1.29 is 25.0 Å². The van der Waals surface area contributed by atoms with Crippen LogP contribution in [0.15, 0.2) is 162 Å². The van der Waals surface area contributed by atoms with E-state index >= 15 is 0 Å². The van der Waals surface area contributed by atoms with Gasteiger partial charge in [-0.2, -0.15) is 0 Å². The minimum absolute atomic E-state index is 0.0559. The Labute approximate surface area is 270 Å². The van der Waals surface area contributed by atoms with Gasteiger partial charge in [-0.3, -0.25) is 0 Å². The summed E-state index contributed by atoms with van der Waals surface area (Å²) in [7, 11) is 0. The van der Waals surface area contributed by atoms with Gasteiger partial charge in [-0.1, -0.05) is 133 Å². The molecule has 1 nitrogen and oxygen atoms in total. The molecule has 0 amide bonds. The van der Waals surface area contributed by atoms with Crippen LogP contribution in [0.3, 0.4) is 0 Å². The monoisotopic (exact) mass is 561 g/mol. The first-order valence-corrected chi connectivity index (χ1v) is 13.5. The lowest BCUT2D eigenvalue weighted by Crippen LogP contribution is -1.91. The molecule has 0 atom stereocenters. The Morgan fingerprint density at radius 1 is 0.419 bits per heavy atom. The Kier molecular flexibility index (Phi) is 2.97. The molecule has 0 fully saturated rings. The molecule has 1 aromatic heterocycles. The first kappa shape index (κ1) is 13.5. The molecule has 0 radical (unpaired) electrons. The molecule has 0 bridgehead atoms. The Bertz CT molecular complexity index is 3270. The zero-order chi connectivity index (χ0) is 41.4. The van der Waals surface area contributed by atoms with Gasteiger partial charge in [0.1, 0.15) is 11.2 Å². The maximum absolute atomic E-state index is 9.39. The highest BCUT2D eigenvalue weighted by Crippen LogP contribution is 2.47. The predicted octanol–water partition coefficient (Wildman–Crippen LogP) is 12.0. The highest BCUT2D eigenvalue weighted by atomic mass is 16.3. The summed E-state index contributed by atoms with van der Waals surface area (Å²) in [6.07, 6.45) is 0. The summed E-state index contributed by atoms with van der Waals surface area (Å²) in [5.41, 5.74) is 0.455.